The molecule has 0 unspecified atom stereocenters. The van der Waals surface area contributed by atoms with Gasteiger partial charge in [-0.15, -0.1) is 22.7 Å². The number of hydrogen-bond donors (Lipinski definition) is 0. The summed E-state index contributed by atoms with van der Waals surface area (Å²) in [7, 11) is 0. The van der Waals surface area contributed by atoms with E-state index < -0.39 is 0 Å². The van der Waals surface area contributed by atoms with Crippen molar-refractivity contribution in [3.8, 4) is 21.7 Å². The van der Waals surface area contributed by atoms with Crippen LogP contribution >= 0.6 is 22.7 Å². The fourth-order valence-electron chi connectivity index (χ4n) is 7.77. The van der Waals surface area contributed by atoms with Crippen molar-refractivity contribution in [1.82, 2.24) is 4.98 Å². The van der Waals surface area contributed by atoms with Gasteiger partial charge in [-0.2, -0.15) is 0 Å². The molecule has 0 aliphatic carbocycles. The highest BCUT2D eigenvalue weighted by atomic mass is 32.1. The average molecular weight is 717 g/mol. The topological polar surface area (TPSA) is 16.1 Å². The standard InChI is InChI=1S/C49H36N2S2/c1-49(2,3)34-29-40(46-39-20-10-11-23-43(39)52-44(46)30-34)33-16-12-19-36(28-33)51(35-17-8-5-9-18-35)42-22-13-21-38-37(42)26-24-31-25-27-41-47(45(31)38)53-48(50-41)32-14-6-4-7-15-32/h4-30H,1-3H3. The molecule has 8 aromatic carbocycles. The summed E-state index contributed by atoms with van der Waals surface area (Å²) in [5, 5.41) is 8.62. The van der Waals surface area contributed by atoms with Crippen molar-refractivity contribution in [2.24, 2.45) is 0 Å². The first-order valence-corrected chi connectivity index (χ1v) is 19.8. The third-order valence-electron chi connectivity index (χ3n) is 10.4. The summed E-state index contributed by atoms with van der Waals surface area (Å²) in [5.74, 6) is 0. The van der Waals surface area contributed by atoms with Gasteiger partial charge in [0.15, 0.2) is 0 Å². The minimum Gasteiger partial charge on any atom is -0.310 e. The number of aromatic nitrogens is 1. The van der Waals surface area contributed by atoms with Crippen LogP contribution in [0.15, 0.2) is 164 Å². The predicted octanol–water partition coefficient (Wildman–Crippen LogP) is 15.1. The lowest BCUT2D eigenvalue weighted by atomic mass is 9.84. The maximum absolute atomic E-state index is 5.10. The smallest absolute Gasteiger partial charge is 0.124 e. The highest BCUT2D eigenvalue weighted by Gasteiger charge is 2.22. The molecule has 0 atom stereocenters. The monoisotopic (exact) mass is 716 g/mol. The van der Waals surface area contributed by atoms with Crippen molar-refractivity contribution < 1.29 is 0 Å². The van der Waals surface area contributed by atoms with Crippen LogP contribution in [0.3, 0.4) is 0 Å². The van der Waals surface area contributed by atoms with E-state index in [2.05, 4.69) is 189 Å². The van der Waals surface area contributed by atoms with E-state index >= 15 is 0 Å². The summed E-state index contributed by atoms with van der Waals surface area (Å²) in [6.07, 6.45) is 0. The second-order valence-electron chi connectivity index (χ2n) is 14.8. The summed E-state index contributed by atoms with van der Waals surface area (Å²) >= 11 is 3.68. The molecule has 0 saturated heterocycles. The van der Waals surface area contributed by atoms with E-state index in [0.717, 1.165) is 33.1 Å². The Kier molecular flexibility index (Phi) is 7.47. The van der Waals surface area contributed by atoms with Gasteiger partial charge < -0.3 is 4.90 Å². The molecule has 0 fully saturated rings. The zero-order valence-corrected chi connectivity index (χ0v) is 31.4. The molecule has 2 heterocycles. The minimum absolute atomic E-state index is 0.0177. The van der Waals surface area contributed by atoms with Gasteiger partial charge in [0.2, 0.25) is 0 Å². The van der Waals surface area contributed by atoms with Crippen LogP contribution in [0.2, 0.25) is 0 Å². The highest BCUT2D eigenvalue weighted by Crippen LogP contribution is 2.47. The van der Waals surface area contributed by atoms with Crippen LogP contribution in [0, 0.1) is 0 Å². The number of nitrogens with zero attached hydrogens (tertiary/aromatic N) is 2. The van der Waals surface area contributed by atoms with Crippen LogP contribution in [-0.2, 0) is 5.41 Å². The van der Waals surface area contributed by atoms with E-state index in [1.54, 1.807) is 11.3 Å². The van der Waals surface area contributed by atoms with E-state index in [4.69, 9.17) is 4.98 Å². The average Bonchev–Trinajstić information content (AvgIpc) is 3.80. The molecule has 0 aliphatic heterocycles. The number of anilines is 3. The van der Waals surface area contributed by atoms with Crippen molar-refractivity contribution in [2.75, 3.05) is 4.90 Å². The van der Waals surface area contributed by atoms with Gasteiger partial charge in [-0.05, 0) is 87.5 Å². The summed E-state index contributed by atoms with van der Waals surface area (Å²) < 4.78 is 3.89. The van der Waals surface area contributed by atoms with Crippen LogP contribution in [0.1, 0.15) is 26.3 Å². The molecule has 2 aromatic heterocycles. The zero-order chi connectivity index (χ0) is 35.7. The molecule has 0 radical (unpaired) electrons. The van der Waals surface area contributed by atoms with Crippen LogP contribution < -0.4 is 4.90 Å². The number of para-hydroxylation sites is 1. The molecule has 0 aliphatic rings. The van der Waals surface area contributed by atoms with Crippen molar-refractivity contribution in [2.45, 2.75) is 26.2 Å². The van der Waals surface area contributed by atoms with Crippen molar-refractivity contribution in [3.05, 3.63) is 169 Å². The fraction of sp³-hybridized carbons (Fsp3) is 0.0816. The Balaban J connectivity index is 1.20. The number of fused-ring (bicyclic) bond motifs is 8. The minimum atomic E-state index is 0.0177. The number of benzene rings is 8. The molecule has 53 heavy (non-hydrogen) atoms. The fourth-order valence-corrected chi connectivity index (χ4v) is 10.1. The van der Waals surface area contributed by atoms with Gasteiger partial charge in [0.25, 0.3) is 0 Å². The highest BCUT2D eigenvalue weighted by molar-refractivity contribution is 7.26. The summed E-state index contributed by atoms with van der Waals surface area (Å²) in [6.45, 7) is 6.93. The maximum atomic E-state index is 5.10. The molecule has 0 N–H and O–H groups in total. The third-order valence-corrected chi connectivity index (χ3v) is 12.7. The second-order valence-corrected chi connectivity index (χ2v) is 16.9. The van der Waals surface area contributed by atoms with Gasteiger partial charge in [-0.1, -0.05) is 130 Å². The third kappa shape index (κ3) is 5.40. The Hall–Kier alpha value is -5.81. The van der Waals surface area contributed by atoms with Gasteiger partial charge in [-0.25, -0.2) is 4.98 Å². The van der Waals surface area contributed by atoms with E-state index in [1.807, 2.05) is 11.3 Å². The largest absolute Gasteiger partial charge is 0.310 e. The molecular weight excluding hydrogens is 681 g/mol. The van der Waals surface area contributed by atoms with Crippen LogP contribution in [0.5, 0.6) is 0 Å². The van der Waals surface area contributed by atoms with Crippen molar-refractivity contribution >= 4 is 91.7 Å². The Morgan fingerprint density at radius 3 is 2.04 bits per heavy atom. The summed E-state index contributed by atoms with van der Waals surface area (Å²) in [6, 6.07) is 59.8. The molecular formula is C49H36N2S2. The number of thiophene rings is 1. The molecule has 0 amide bonds. The van der Waals surface area contributed by atoms with Gasteiger partial charge >= 0.3 is 0 Å². The van der Waals surface area contributed by atoms with Gasteiger partial charge in [0, 0.05) is 47.9 Å². The molecule has 10 aromatic rings. The summed E-state index contributed by atoms with van der Waals surface area (Å²) in [5.41, 5.74) is 9.44. The first-order valence-electron chi connectivity index (χ1n) is 18.1. The molecule has 0 saturated carbocycles. The molecule has 4 heteroatoms. The number of hydrogen-bond acceptors (Lipinski definition) is 4. The lowest BCUT2D eigenvalue weighted by molar-refractivity contribution is 0.591. The van der Waals surface area contributed by atoms with Crippen molar-refractivity contribution in [3.63, 3.8) is 0 Å². The lowest BCUT2D eigenvalue weighted by Gasteiger charge is -2.28. The molecule has 10 rings (SSSR count). The van der Waals surface area contributed by atoms with Crippen LogP contribution in [0.25, 0.3) is 73.6 Å². The molecule has 0 spiro atoms. The van der Waals surface area contributed by atoms with E-state index in [1.165, 1.54) is 63.1 Å². The number of thiazole rings is 1. The molecule has 0 bridgehead atoms. The van der Waals surface area contributed by atoms with Crippen LogP contribution in [-0.4, -0.2) is 4.98 Å². The molecule has 254 valence electrons. The first kappa shape index (κ1) is 31.9. The quantitative estimate of drug-likeness (QED) is 0.165. The van der Waals surface area contributed by atoms with Crippen molar-refractivity contribution in [1.29, 1.82) is 0 Å². The number of rotatable bonds is 5. The second kappa shape index (κ2) is 12.4. The van der Waals surface area contributed by atoms with Crippen LogP contribution in [0.4, 0.5) is 17.1 Å². The van der Waals surface area contributed by atoms with Gasteiger partial charge in [0.1, 0.15) is 5.01 Å². The van der Waals surface area contributed by atoms with E-state index in [9.17, 15) is 0 Å². The van der Waals surface area contributed by atoms with E-state index in [-0.39, 0.29) is 5.41 Å². The Morgan fingerprint density at radius 1 is 0.509 bits per heavy atom. The van der Waals surface area contributed by atoms with Gasteiger partial charge in [0.05, 0.1) is 15.9 Å². The zero-order valence-electron chi connectivity index (χ0n) is 29.8. The molecule has 2 nitrogen and oxygen atoms in total. The first-order chi connectivity index (χ1) is 25.9. The van der Waals surface area contributed by atoms with E-state index in [0.29, 0.717) is 0 Å². The normalized spacial score (nSPS) is 12.1. The summed E-state index contributed by atoms with van der Waals surface area (Å²) in [4.78, 5) is 7.52. The predicted molar refractivity (Wildman–Crippen MR) is 232 cm³/mol. The maximum Gasteiger partial charge on any atom is 0.124 e. The lowest BCUT2D eigenvalue weighted by Crippen LogP contribution is -2.11. The Labute approximate surface area is 317 Å². The Morgan fingerprint density at radius 2 is 1.21 bits per heavy atom. The van der Waals surface area contributed by atoms with Gasteiger partial charge in [-0.3, -0.25) is 0 Å². The Bertz CT molecular complexity index is 2990. The SMILES string of the molecule is CC(C)(C)c1cc(-c2cccc(N(c3ccccc3)c3cccc4c3ccc3ccc5nc(-c6ccccc6)sc5c34)c2)c2c(c1)sc1ccccc12.